The van der Waals surface area contributed by atoms with Crippen molar-refractivity contribution in [3.63, 3.8) is 0 Å². The van der Waals surface area contributed by atoms with E-state index in [1.165, 1.54) is 11.0 Å². The Balaban J connectivity index is 1.51. The molecule has 40 heavy (non-hydrogen) atoms. The van der Waals surface area contributed by atoms with Crippen molar-refractivity contribution in [2.45, 2.75) is 12.5 Å². The van der Waals surface area contributed by atoms with Crippen LogP contribution >= 0.6 is 11.6 Å². The number of hydrogen-bond acceptors (Lipinski definition) is 7. The number of aromatic nitrogens is 7. The Labute approximate surface area is 233 Å². The Morgan fingerprint density at radius 2 is 1.82 bits per heavy atom. The fourth-order valence-electron chi connectivity index (χ4n) is 4.80. The molecule has 1 atom stereocenters. The highest BCUT2D eigenvalue weighted by Gasteiger charge is 2.23. The zero-order valence-corrected chi connectivity index (χ0v) is 22.4. The van der Waals surface area contributed by atoms with E-state index in [1.54, 1.807) is 49.2 Å². The maximum absolute atomic E-state index is 13.9. The van der Waals surface area contributed by atoms with Crippen molar-refractivity contribution in [3.8, 4) is 28.3 Å². The summed E-state index contributed by atoms with van der Waals surface area (Å²) >= 11 is 6.37. The van der Waals surface area contributed by atoms with Crippen molar-refractivity contribution in [2.75, 3.05) is 14.2 Å². The summed E-state index contributed by atoms with van der Waals surface area (Å²) in [7, 11) is 3.18. The first-order valence-electron chi connectivity index (χ1n) is 12.4. The first kappa shape index (κ1) is 25.3. The molecule has 10 nitrogen and oxygen atoms in total. The van der Waals surface area contributed by atoms with E-state index in [0.717, 1.165) is 16.6 Å². The molecule has 0 saturated heterocycles. The number of H-pyrrole nitrogens is 1. The van der Waals surface area contributed by atoms with Gasteiger partial charge < -0.3 is 19.0 Å². The van der Waals surface area contributed by atoms with E-state index < -0.39 is 6.04 Å². The molecule has 0 fully saturated rings. The van der Waals surface area contributed by atoms with Gasteiger partial charge in [-0.05, 0) is 46.3 Å². The first-order chi connectivity index (χ1) is 19.5. The minimum Gasteiger partial charge on any atom is -0.497 e. The summed E-state index contributed by atoms with van der Waals surface area (Å²) in [6, 6.07) is 22.0. The second kappa shape index (κ2) is 10.7. The summed E-state index contributed by atoms with van der Waals surface area (Å²) in [4.78, 5) is 22.1. The lowest BCUT2D eigenvalue weighted by Gasteiger charge is -2.21. The zero-order chi connectivity index (χ0) is 27.6. The average Bonchev–Trinajstić information content (AvgIpc) is 3.66. The van der Waals surface area contributed by atoms with Crippen LogP contribution in [0.25, 0.3) is 27.8 Å². The van der Waals surface area contributed by atoms with Crippen molar-refractivity contribution < 1.29 is 9.47 Å². The summed E-state index contributed by atoms with van der Waals surface area (Å²) in [6.07, 6.45) is 3.71. The Morgan fingerprint density at radius 1 is 0.975 bits per heavy atom. The molecule has 0 aliphatic heterocycles. The number of methoxy groups -OCH3 is 2. The third kappa shape index (κ3) is 4.80. The minimum absolute atomic E-state index is 0.239. The standard InChI is InChI=1S/C29H24ClN7O3/c1-39-20-9-10-23-24(14-20)33-29(32-23)26(12-18-6-4-3-5-7-18)36-16-27(40-2)22(15-28(36)38)21-13-19(30)8-11-25(21)37-17-31-34-35-37/h3-11,13-17,26H,12H2,1-2H3,(H,32,33). The molecule has 6 aromatic rings. The van der Waals surface area contributed by atoms with Gasteiger partial charge in [0.1, 0.15) is 23.7 Å². The molecule has 6 rings (SSSR count). The third-order valence-electron chi connectivity index (χ3n) is 6.74. The normalized spacial score (nSPS) is 12.0. The second-order valence-electron chi connectivity index (χ2n) is 9.13. The lowest BCUT2D eigenvalue weighted by atomic mass is 10.0. The maximum Gasteiger partial charge on any atom is 0.252 e. The lowest BCUT2D eigenvalue weighted by Crippen LogP contribution is -2.27. The van der Waals surface area contributed by atoms with Crippen LogP contribution in [0.1, 0.15) is 17.4 Å². The van der Waals surface area contributed by atoms with Gasteiger partial charge in [-0.25, -0.2) is 4.98 Å². The van der Waals surface area contributed by atoms with E-state index in [0.29, 0.717) is 45.6 Å². The number of halogens is 1. The number of nitrogens with one attached hydrogen (secondary N) is 1. The zero-order valence-electron chi connectivity index (χ0n) is 21.7. The molecule has 0 aliphatic carbocycles. The van der Waals surface area contributed by atoms with E-state index in [2.05, 4.69) is 20.5 Å². The van der Waals surface area contributed by atoms with Crippen LogP contribution in [0.2, 0.25) is 5.02 Å². The number of imidazole rings is 1. The van der Waals surface area contributed by atoms with Crippen LogP contribution in [0, 0.1) is 0 Å². The number of fused-ring (bicyclic) bond motifs is 1. The fourth-order valence-corrected chi connectivity index (χ4v) is 4.97. The molecule has 3 heterocycles. The smallest absolute Gasteiger partial charge is 0.252 e. The van der Waals surface area contributed by atoms with Gasteiger partial charge in [-0.1, -0.05) is 41.9 Å². The summed E-state index contributed by atoms with van der Waals surface area (Å²) in [6.45, 7) is 0. The predicted molar refractivity (Wildman–Crippen MR) is 151 cm³/mol. The molecule has 0 bridgehead atoms. The molecule has 1 unspecified atom stereocenters. The molecule has 0 radical (unpaired) electrons. The highest BCUT2D eigenvalue weighted by atomic mass is 35.5. The Bertz CT molecular complexity index is 1850. The number of ether oxygens (including phenoxy) is 2. The number of pyridine rings is 1. The van der Waals surface area contributed by atoms with Crippen molar-refractivity contribution in [1.82, 2.24) is 34.7 Å². The predicted octanol–water partition coefficient (Wildman–Crippen LogP) is 4.87. The SMILES string of the molecule is COc1ccc2nc(C(Cc3ccccc3)n3cc(OC)c(-c4cc(Cl)ccc4-n4cnnn4)cc3=O)[nH]c2c1. The Morgan fingerprint density at radius 3 is 2.58 bits per heavy atom. The third-order valence-corrected chi connectivity index (χ3v) is 6.97. The molecule has 200 valence electrons. The number of nitrogens with zero attached hydrogens (tertiary/aromatic N) is 6. The van der Waals surface area contributed by atoms with Crippen molar-refractivity contribution in [3.05, 3.63) is 112 Å². The van der Waals surface area contributed by atoms with Crippen LogP contribution in [-0.2, 0) is 6.42 Å². The second-order valence-corrected chi connectivity index (χ2v) is 9.56. The largest absolute Gasteiger partial charge is 0.497 e. The molecule has 0 spiro atoms. The van der Waals surface area contributed by atoms with Gasteiger partial charge >= 0.3 is 0 Å². The Hall–Kier alpha value is -4.96. The number of aromatic amines is 1. The maximum atomic E-state index is 13.9. The van der Waals surface area contributed by atoms with E-state index in [-0.39, 0.29) is 5.56 Å². The van der Waals surface area contributed by atoms with E-state index in [1.807, 2.05) is 48.5 Å². The van der Waals surface area contributed by atoms with Gasteiger partial charge in [0, 0.05) is 34.7 Å². The molecular weight excluding hydrogens is 530 g/mol. The highest BCUT2D eigenvalue weighted by molar-refractivity contribution is 6.31. The van der Waals surface area contributed by atoms with Gasteiger partial charge in [-0.2, -0.15) is 4.68 Å². The fraction of sp³-hybridized carbons (Fsp3) is 0.138. The van der Waals surface area contributed by atoms with Gasteiger partial charge in [0.05, 0.1) is 43.2 Å². The lowest BCUT2D eigenvalue weighted by molar-refractivity contribution is 0.405. The highest BCUT2D eigenvalue weighted by Crippen LogP contribution is 2.36. The van der Waals surface area contributed by atoms with Crippen LogP contribution in [0.3, 0.4) is 0 Å². The van der Waals surface area contributed by atoms with Crippen molar-refractivity contribution >= 4 is 22.6 Å². The van der Waals surface area contributed by atoms with Crippen LogP contribution in [-0.4, -0.2) is 49.0 Å². The summed E-state index contributed by atoms with van der Waals surface area (Å²) < 4.78 is 14.4. The topological polar surface area (TPSA) is 113 Å². The number of benzene rings is 3. The number of rotatable bonds is 8. The molecule has 3 aromatic carbocycles. The van der Waals surface area contributed by atoms with Gasteiger partial charge in [0.15, 0.2) is 0 Å². The van der Waals surface area contributed by atoms with E-state index >= 15 is 0 Å². The van der Waals surface area contributed by atoms with Crippen LogP contribution in [0.4, 0.5) is 0 Å². The Kier molecular flexibility index (Phi) is 6.75. The summed E-state index contributed by atoms with van der Waals surface area (Å²) in [5.74, 6) is 1.83. The number of hydrogen-bond donors (Lipinski definition) is 1. The van der Waals surface area contributed by atoms with E-state index in [4.69, 9.17) is 26.1 Å². The molecule has 0 aliphatic rings. The minimum atomic E-state index is -0.449. The van der Waals surface area contributed by atoms with Gasteiger partial charge in [-0.15, -0.1) is 5.10 Å². The molecular formula is C29H24ClN7O3. The van der Waals surface area contributed by atoms with Gasteiger partial charge in [0.2, 0.25) is 0 Å². The molecule has 3 aromatic heterocycles. The average molecular weight is 554 g/mol. The van der Waals surface area contributed by atoms with Crippen molar-refractivity contribution in [2.24, 2.45) is 0 Å². The van der Waals surface area contributed by atoms with Crippen LogP contribution < -0.4 is 15.0 Å². The summed E-state index contributed by atoms with van der Waals surface area (Å²) in [5, 5.41) is 12.0. The quantitative estimate of drug-likeness (QED) is 0.286. The summed E-state index contributed by atoms with van der Waals surface area (Å²) in [5.41, 5.74) is 4.26. The van der Waals surface area contributed by atoms with Crippen molar-refractivity contribution in [1.29, 1.82) is 0 Å². The van der Waals surface area contributed by atoms with E-state index in [9.17, 15) is 4.79 Å². The van der Waals surface area contributed by atoms with Crippen LogP contribution in [0.5, 0.6) is 11.5 Å². The molecule has 0 saturated carbocycles. The van der Waals surface area contributed by atoms with Crippen LogP contribution in [0.15, 0.2) is 90.1 Å². The molecule has 11 heteroatoms. The van der Waals surface area contributed by atoms with Gasteiger partial charge in [0.25, 0.3) is 5.56 Å². The molecule has 0 amide bonds. The first-order valence-corrected chi connectivity index (χ1v) is 12.8. The molecule has 1 N–H and O–H groups in total. The van der Waals surface area contributed by atoms with Gasteiger partial charge in [-0.3, -0.25) is 4.79 Å². The number of tetrazole rings is 1. The monoisotopic (exact) mass is 553 g/mol.